The average molecular weight is 528 g/mol. The molecule has 9 heteroatoms. The summed E-state index contributed by atoms with van der Waals surface area (Å²) < 4.78 is 6.54. The minimum Gasteiger partial charge on any atom is -0.350 e. The number of likely N-dealkylation sites (N-methyl/N-ethyl adjacent to an activating group) is 1. The van der Waals surface area contributed by atoms with E-state index in [1.165, 1.54) is 4.90 Å². The van der Waals surface area contributed by atoms with Gasteiger partial charge in [-0.2, -0.15) is 0 Å². The third-order valence-corrected chi connectivity index (χ3v) is 9.32. The summed E-state index contributed by atoms with van der Waals surface area (Å²) in [4.78, 5) is 54.9. The standard InChI is InChI=1S/C29H41N3O6/c1-5-31(18-24(33)30-17-21-9-7-6-8-10-21)25(34)14-16-32-26(35)20(3)23-12-11-19(2)22-13-15-28(4)36-27(32)29(22,23)38-37-28/h6-10,19-20,22-23,27H,5,11-18H2,1-4H3,(H,30,33)/t19-,20+,22?,23?,27?,28-,29+/m0/s1. The fourth-order valence-corrected chi connectivity index (χ4v) is 7.16. The molecule has 3 unspecified atom stereocenters. The number of ether oxygens (including phenoxy) is 1. The number of rotatable bonds is 8. The van der Waals surface area contributed by atoms with Crippen molar-refractivity contribution in [3.63, 3.8) is 0 Å². The molecule has 38 heavy (non-hydrogen) atoms. The van der Waals surface area contributed by atoms with Gasteiger partial charge in [-0.3, -0.25) is 14.4 Å². The molecule has 5 fully saturated rings. The molecule has 5 aliphatic rings. The van der Waals surface area contributed by atoms with Gasteiger partial charge in [0.1, 0.15) is 0 Å². The van der Waals surface area contributed by atoms with Gasteiger partial charge in [-0.15, -0.1) is 0 Å². The van der Waals surface area contributed by atoms with Crippen LogP contribution in [0.15, 0.2) is 30.3 Å². The molecule has 4 saturated heterocycles. The minimum absolute atomic E-state index is 0.00451. The van der Waals surface area contributed by atoms with Crippen LogP contribution in [0.5, 0.6) is 0 Å². The molecule has 0 radical (unpaired) electrons. The molecule has 9 nitrogen and oxygen atoms in total. The van der Waals surface area contributed by atoms with Crippen LogP contribution in [0.25, 0.3) is 0 Å². The maximum absolute atomic E-state index is 13.7. The molecular formula is C29H41N3O6. The van der Waals surface area contributed by atoms with E-state index in [1.807, 2.05) is 51.1 Å². The molecule has 7 atom stereocenters. The lowest BCUT2D eigenvalue weighted by atomic mass is 9.57. The first-order valence-corrected chi connectivity index (χ1v) is 14.1. The fraction of sp³-hybridized carbons (Fsp3) is 0.690. The van der Waals surface area contributed by atoms with Gasteiger partial charge in [0, 0.05) is 44.3 Å². The lowest BCUT2D eigenvalue weighted by molar-refractivity contribution is -0.547. The molecule has 4 heterocycles. The van der Waals surface area contributed by atoms with Crippen LogP contribution in [0, 0.1) is 23.7 Å². The molecule has 1 aromatic carbocycles. The van der Waals surface area contributed by atoms with Gasteiger partial charge >= 0.3 is 0 Å². The number of nitrogens with zero attached hydrogens (tertiary/aromatic N) is 2. The zero-order valence-electron chi connectivity index (χ0n) is 23.0. The fourth-order valence-electron chi connectivity index (χ4n) is 7.16. The summed E-state index contributed by atoms with van der Waals surface area (Å²) in [7, 11) is 0. The van der Waals surface area contributed by atoms with Crippen molar-refractivity contribution in [2.24, 2.45) is 23.7 Å². The SMILES string of the molecule is CCN(CC(=O)NCc1ccccc1)C(=O)CCN1C(=O)[C@H](C)C2CC[C@H](C)C3CC[C@]4(C)OO[C@]32C1O4. The molecule has 1 aromatic rings. The van der Waals surface area contributed by atoms with Crippen molar-refractivity contribution in [3.05, 3.63) is 35.9 Å². The monoisotopic (exact) mass is 527 g/mol. The Balaban J connectivity index is 1.27. The summed E-state index contributed by atoms with van der Waals surface area (Å²) in [5.74, 6) is -0.913. The summed E-state index contributed by atoms with van der Waals surface area (Å²) in [5, 5.41) is 2.88. The summed E-state index contributed by atoms with van der Waals surface area (Å²) in [6.07, 6.45) is 3.07. The average Bonchev–Trinajstić information content (AvgIpc) is 3.15. The van der Waals surface area contributed by atoms with Gasteiger partial charge in [-0.25, -0.2) is 9.78 Å². The molecule has 1 N–H and O–H groups in total. The van der Waals surface area contributed by atoms with Crippen LogP contribution in [0.1, 0.15) is 65.4 Å². The Morgan fingerprint density at radius 3 is 2.61 bits per heavy atom. The van der Waals surface area contributed by atoms with E-state index in [0.717, 1.165) is 24.8 Å². The Morgan fingerprint density at radius 2 is 1.87 bits per heavy atom. The summed E-state index contributed by atoms with van der Waals surface area (Å²) >= 11 is 0. The van der Waals surface area contributed by atoms with E-state index in [9.17, 15) is 14.4 Å². The van der Waals surface area contributed by atoms with Gasteiger partial charge in [-0.1, -0.05) is 44.2 Å². The van der Waals surface area contributed by atoms with Gasteiger partial charge in [-0.05, 0) is 50.5 Å². The van der Waals surface area contributed by atoms with Gasteiger partial charge in [0.2, 0.25) is 23.5 Å². The Morgan fingerprint density at radius 1 is 1.11 bits per heavy atom. The predicted molar refractivity (Wildman–Crippen MR) is 139 cm³/mol. The Kier molecular flexibility index (Phi) is 7.55. The smallest absolute Gasteiger partial charge is 0.239 e. The molecule has 1 aliphatic carbocycles. The van der Waals surface area contributed by atoms with E-state index in [1.54, 1.807) is 4.90 Å². The highest BCUT2D eigenvalue weighted by atomic mass is 17.3. The highest BCUT2D eigenvalue weighted by Crippen LogP contribution is 2.60. The second-order valence-corrected chi connectivity index (χ2v) is 11.7. The van der Waals surface area contributed by atoms with Crippen molar-refractivity contribution >= 4 is 17.7 Å². The molecular weight excluding hydrogens is 486 g/mol. The minimum atomic E-state index is -0.924. The number of fused-ring (bicyclic) bond motifs is 2. The molecule has 6 rings (SSSR count). The quantitative estimate of drug-likeness (QED) is 0.522. The summed E-state index contributed by atoms with van der Waals surface area (Å²) in [5.41, 5.74) is 0.268. The molecule has 0 aromatic heterocycles. The summed E-state index contributed by atoms with van der Waals surface area (Å²) in [6, 6.07) is 9.66. The van der Waals surface area contributed by atoms with Crippen molar-refractivity contribution in [3.8, 4) is 0 Å². The third kappa shape index (κ3) is 4.73. The molecule has 1 saturated carbocycles. The zero-order valence-corrected chi connectivity index (χ0v) is 23.0. The molecule has 2 bridgehead atoms. The molecule has 4 aliphatic heterocycles. The van der Waals surface area contributed by atoms with Crippen LogP contribution in [0.3, 0.4) is 0 Å². The largest absolute Gasteiger partial charge is 0.350 e. The van der Waals surface area contributed by atoms with E-state index in [-0.39, 0.29) is 55.0 Å². The van der Waals surface area contributed by atoms with E-state index >= 15 is 0 Å². The van der Waals surface area contributed by atoms with Crippen molar-refractivity contribution in [1.82, 2.24) is 15.1 Å². The van der Waals surface area contributed by atoms with Crippen molar-refractivity contribution in [2.45, 2.75) is 84.0 Å². The van der Waals surface area contributed by atoms with Gasteiger partial charge in [0.05, 0.1) is 6.54 Å². The van der Waals surface area contributed by atoms with Crippen LogP contribution >= 0.6 is 0 Å². The predicted octanol–water partition coefficient (Wildman–Crippen LogP) is 3.24. The zero-order chi connectivity index (χ0) is 27.1. The number of hydrogen-bond acceptors (Lipinski definition) is 6. The highest BCUT2D eigenvalue weighted by molar-refractivity contribution is 5.85. The van der Waals surface area contributed by atoms with Crippen LogP contribution in [-0.2, 0) is 35.4 Å². The number of amides is 3. The first kappa shape index (κ1) is 27.1. The van der Waals surface area contributed by atoms with Crippen molar-refractivity contribution in [1.29, 1.82) is 0 Å². The van der Waals surface area contributed by atoms with Gasteiger partial charge < -0.3 is 19.9 Å². The van der Waals surface area contributed by atoms with Crippen molar-refractivity contribution < 1.29 is 28.9 Å². The Hall–Kier alpha value is -2.49. The first-order chi connectivity index (χ1) is 18.2. The normalized spacial score (nSPS) is 35.8. The van der Waals surface area contributed by atoms with E-state index in [4.69, 9.17) is 14.5 Å². The second kappa shape index (κ2) is 10.6. The number of carbonyl (C=O) groups is 3. The van der Waals surface area contributed by atoms with Crippen LogP contribution in [-0.4, -0.2) is 64.8 Å². The van der Waals surface area contributed by atoms with Crippen molar-refractivity contribution in [2.75, 3.05) is 19.6 Å². The Labute approximate surface area is 225 Å². The lowest BCUT2D eigenvalue weighted by Crippen LogP contribution is -2.75. The van der Waals surface area contributed by atoms with E-state index in [2.05, 4.69) is 12.2 Å². The van der Waals surface area contributed by atoms with Crippen LogP contribution < -0.4 is 5.32 Å². The number of nitrogens with one attached hydrogen (secondary N) is 1. The molecule has 1 spiro atoms. The molecule has 208 valence electrons. The number of piperidine rings is 1. The maximum atomic E-state index is 13.7. The highest BCUT2D eigenvalue weighted by Gasteiger charge is 2.70. The van der Waals surface area contributed by atoms with Gasteiger partial charge in [0.15, 0.2) is 11.8 Å². The second-order valence-electron chi connectivity index (χ2n) is 11.7. The molecule has 3 amide bonds. The number of likely N-dealkylation sites (tertiary alicyclic amines) is 1. The number of carbonyl (C=O) groups excluding carboxylic acids is 3. The van der Waals surface area contributed by atoms with E-state index in [0.29, 0.717) is 25.4 Å². The summed E-state index contributed by atoms with van der Waals surface area (Å²) in [6.45, 7) is 8.96. The lowest BCUT2D eigenvalue weighted by Gasteiger charge is -2.61. The van der Waals surface area contributed by atoms with E-state index < -0.39 is 17.6 Å². The first-order valence-electron chi connectivity index (χ1n) is 14.1. The Bertz CT molecular complexity index is 1050. The number of benzene rings is 1. The topological polar surface area (TPSA) is 97.4 Å². The van der Waals surface area contributed by atoms with Crippen LogP contribution in [0.4, 0.5) is 0 Å². The van der Waals surface area contributed by atoms with Crippen LogP contribution in [0.2, 0.25) is 0 Å². The number of hydrogen-bond donors (Lipinski definition) is 1. The maximum Gasteiger partial charge on any atom is 0.239 e. The van der Waals surface area contributed by atoms with Gasteiger partial charge in [0.25, 0.3) is 0 Å². The third-order valence-electron chi connectivity index (χ3n) is 9.32.